The third kappa shape index (κ3) is 3.98. The van der Waals surface area contributed by atoms with E-state index in [-0.39, 0.29) is 5.91 Å². The summed E-state index contributed by atoms with van der Waals surface area (Å²) in [6.45, 7) is 2.68. The molecule has 1 aliphatic heterocycles. The van der Waals surface area contributed by atoms with E-state index in [9.17, 15) is 4.79 Å². The van der Waals surface area contributed by atoms with Crippen molar-refractivity contribution in [3.8, 4) is 17.1 Å². The van der Waals surface area contributed by atoms with Gasteiger partial charge in [-0.25, -0.2) is 4.68 Å². The highest BCUT2D eigenvalue weighted by Crippen LogP contribution is 2.28. The molecule has 2 aliphatic rings. The van der Waals surface area contributed by atoms with E-state index < -0.39 is 0 Å². The fraction of sp³-hybridized carbons (Fsp3) is 0.391. The van der Waals surface area contributed by atoms with Crippen molar-refractivity contribution >= 4 is 5.91 Å². The monoisotopic (exact) mass is 390 g/mol. The fourth-order valence-electron chi connectivity index (χ4n) is 3.95. The normalized spacial score (nSPS) is 17.6. The topological polar surface area (TPSA) is 63.3 Å². The van der Waals surface area contributed by atoms with E-state index in [4.69, 9.17) is 4.42 Å². The van der Waals surface area contributed by atoms with Crippen LogP contribution in [0.25, 0.3) is 17.1 Å². The minimum absolute atomic E-state index is 0.0276. The Bertz CT molecular complexity index is 952. The first-order valence-corrected chi connectivity index (χ1v) is 10.5. The minimum atomic E-state index is 0.0276. The van der Waals surface area contributed by atoms with Crippen molar-refractivity contribution in [2.24, 2.45) is 5.92 Å². The summed E-state index contributed by atoms with van der Waals surface area (Å²) in [6, 6.07) is 15.8. The van der Waals surface area contributed by atoms with Gasteiger partial charge in [-0.3, -0.25) is 4.79 Å². The summed E-state index contributed by atoms with van der Waals surface area (Å²) < 4.78 is 7.24. The molecule has 1 saturated carbocycles. The van der Waals surface area contributed by atoms with Crippen molar-refractivity contribution in [2.45, 2.75) is 31.7 Å². The van der Waals surface area contributed by atoms with Crippen LogP contribution in [0.4, 0.5) is 0 Å². The number of aromatic nitrogens is 2. The van der Waals surface area contributed by atoms with Gasteiger partial charge >= 0.3 is 0 Å². The molecular formula is C23H26N4O2. The van der Waals surface area contributed by atoms with Crippen LogP contribution in [0.2, 0.25) is 0 Å². The summed E-state index contributed by atoms with van der Waals surface area (Å²) in [4.78, 5) is 15.3. The number of para-hydroxylation sites is 1. The molecule has 150 valence electrons. The predicted octanol–water partition coefficient (Wildman–Crippen LogP) is 3.74. The number of furan rings is 1. The lowest BCUT2D eigenvalue weighted by Crippen LogP contribution is -2.45. The molecule has 0 spiro atoms. The minimum Gasteiger partial charge on any atom is -0.463 e. The first-order valence-electron chi connectivity index (χ1n) is 10.5. The maximum Gasteiger partial charge on any atom is 0.272 e. The number of benzene rings is 1. The number of carbonyl (C=O) groups is 1. The zero-order valence-corrected chi connectivity index (χ0v) is 16.5. The van der Waals surface area contributed by atoms with Gasteiger partial charge in [-0.05, 0) is 62.4 Å². The molecule has 1 amide bonds. The molecule has 1 aromatic carbocycles. The van der Waals surface area contributed by atoms with Crippen molar-refractivity contribution in [3.05, 3.63) is 60.5 Å². The van der Waals surface area contributed by atoms with Gasteiger partial charge in [0.05, 0.1) is 12.0 Å². The molecule has 0 unspecified atom stereocenters. The highest BCUT2D eigenvalue weighted by atomic mass is 16.3. The summed E-state index contributed by atoms with van der Waals surface area (Å²) >= 11 is 0. The van der Waals surface area contributed by atoms with Crippen LogP contribution in [0.3, 0.4) is 0 Å². The van der Waals surface area contributed by atoms with Gasteiger partial charge in [-0.2, -0.15) is 5.10 Å². The van der Waals surface area contributed by atoms with E-state index in [1.54, 1.807) is 10.9 Å². The second kappa shape index (κ2) is 7.87. The lowest BCUT2D eigenvalue weighted by atomic mass is 10.0. The Morgan fingerprint density at radius 1 is 1.07 bits per heavy atom. The molecular weight excluding hydrogens is 364 g/mol. The van der Waals surface area contributed by atoms with Crippen molar-refractivity contribution < 1.29 is 9.21 Å². The van der Waals surface area contributed by atoms with Gasteiger partial charge in [0.15, 0.2) is 5.76 Å². The Kier molecular flexibility index (Phi) is 4.94. The third-order valence-corrected chi connectivity index (χ3v) is 5.88. The van der Waals surface area contributed by atoms with Crippen LogP contribution in [0.1, 0.15) is 36.2 Å². The Morgan fingerprint density at radius 2 is 1.86 bits per heavy atom. The van der Waals surface area contributed by atoms with Crippen LogP contribution in [0.5, 0.6) is 0 Å². The van der Waals surface area contributed by atoms with Crippen LogP contribution in [-0.2, 0) is 0 Å². The average Bonchev–Trinajstić information content (AvgIpc) is 3.25. The zero-order chi connectivity index (χ0) is 19.6. The molecule has 2 aromatic heterocycles. The SMILES string of the molecule is O=C(c1cc(-c2ccco2)nn1-c1ccccc1)N1CCC(NCC2CC2)CC1. The number of hydrogen-bond donors (Lipinski definition) is 1. The molecule has 0 atom stereocenters. The molecule has 0 bridgehead atoms. The molecule has 2 fully saturated rings. The van der Waals surface area contributed by atoms with E-state index in [2.05, 4.69) is 10.4 Å². The molecule has 29 heavy (non-hydrogen) atoms. The molecule has 1 N–H and O–H groups in total. The van der Waals surface area contributed by atoms with Gasteiger partial charge in [0, 0.05) is 25.2 Å². The number of amides is 1. The number of nitrogens with one attached hydrogen (secondary N) is 1. The van der Waals surface area contributed by atoms with E-state index in [1.165, 1.54) is 12.8 Å². The lowest BCUT2D eigenvalue weighted by Gasteiger charge is -2.32. The summed E-state index contributed by atoms with van der Waals surface area (Å²) in [5.74, 6) is 1.58. The first kappa shape index (κ1) is 18.2. The molecule has 1 aliphatic carbocycles. The number of hydrogen-bond acceptors (Lipinski definition) is 4. The molecule has 0 radical (unpaired) electrons. The highest BCUT2D eigenvalue weighted by molar-refractivity contribution is 5.94. The Labute approximate surface area is 170 Å². The van der Waals surface area contributed by atoms with E-state index >= 15 is 0 Å². The van der Waals surface area contributed by atoms with Crippen LogP contribution in [-0.4, -0.2) is 46.3 Å². The maximum atomic E-state index is 13.4. The molecule has 1 saturated heterocycles. The average molecular weight is 390 g/mol. The van der Waals surface area contributed by atoms with Crippen molar-refractivity contribution in [1.82, 2.24) is 20.0 Å². The van der Waals surface area contributed by atoms with E-state index in [0.717, 1.165) is 44.1 Å². The Morgan fingerprint density at radius 3 is 2.55 bits per heavy atom. The van der Waals surface area contributed by atoms with Gasteiger partial charge in [-0.1, -0.05) is 18.2 Å². The van der Waals surface area contributed by atoms with Crippen LogP contribution in [0, 0.1) is 5.92 Å². The van der Waals surface area contributed by atoms with Crippen molar-refractivity contribution in [1.29, 1.82) is 0 Å². The van der Waals surface area contributed by atoms with Gasteiger partial charge in [0.2, 0.25) is 0 Å². The number of nitrogens with zero attached hydrogens (tertiary/aromatic N) is 3. The number of carbonyl (C=O) groups excluding carboxylic acids is 1. The van der Waals surface area contributed by atoms with E-state index in [1.807, 2.05) is 53.4 Å². The van der Waals surface area contributed by atoms with Gasteiger partial charge < -0.3 is 14.6 Å². The van der Waals surface area contributed by atoms with E-state index in [0.29, 0.717) is 23.2 Å². The first-order chi connectivity index (χ1) is 14.3. The molecule has 6 heteroatoms. The maximum absolute atomic E-state index is 13.4. The smallest absolute Gasteiger partial charge is 0.272 e. The number of piperidine rings is 1. The second-order valence-corrected chi connectivity index (χ2v) is 8.06. The molecule has 6 nitrogen and oxygen atoms in total. The predicted molar refractivity (Wildman–Crippen MR) is 111 cm³/mol. The van der Waals surface area contributed by atoms with Gasteiger partial charge in [-0.15, -0.1) is 0 Å². The third-order valence-electron chi connectivity index (χ3n) is 5.88. The standard InChI is InChI=1S/C23H26N4O2/c28-23(26-12-10-18(11-13-26)24-16-17-8-9-17)21-15-20(22-7-4-14-29-22)25-27(21)19-5-2-1-3-6-19/h1-7,14-15,17-18,24H,8-13,16H2. The van der Waals surface area contributed by atoms with Crippen molar-refractivity contribution in [2.75, 3.05) is 19.6 Å². The zero-order valence-electron chi connectivity index (χ0n) is 16.5. The molecule has 3 heterocycles. The number of likely N-dealkylation sites (tertiary alicyclic amines) is 1. The summed E-state index contributed by atoms with van der Waals surface area (Å²) in [5, 5.41) is 8.35. The summed E-state index contributed by atoms with van der Waals surface area (Å²) in [7, 11) is 0. The fourth-order valence-corrected chi connectivity index (χ4v) is 3.95. The summed E-state index contributed by atoms with van der Waals surface area (Å²) in [5.41, 5.74) is 2.12. The van der Waals surface area contributed by atoms with Crippen LogP contribution < -0.4 is 5.32 Å². The quantitative estimate of drug-likeness (QED) is 0.697. The van der Waals surface area contributed by atoms with Crippen LogP contribution >= 0.6 is 0 Å². The van der Waals surface area contributed by atoms with Crippen LogP contribution in [0.15, 0.2) is 59.2 Å². The largest absolute Gasteiger partial charge is 0.463 e. The second-order valence-electron chi connectivity index (χ2n) is 8.06. The molecule has 5 rings (SSSR count). The highest BCUT2D eigenvalue weighted by Gasteiger charge is 2.28. The lowest BCUT2D eigenvalue weighted by molar-refractivity contribution is 0.0695. The molecule has 3 aromatic rings. The van der Waals surface area contributed by atoms with Gasteiger partial charge in [0.25, 0.3) is 5.91 Å². The Hall–Kier alpha value is -2.86. The number of rotatable bonds is 6. The van der Waals surface area contributed by atoms with Crippen molar-refractivity contribution in [3.63, 3.8) is 0 Å². The summed E-state index contributed by atoms with van der Waals surface area (Å²) in [6.07, 6.45) is 6.36. The Balaban J connectivity index is 1.36. The van der Waals surface area contributed by atoms with Gasteiger partial charge in [0.1, 0.15) is 11.4 Å².